The summed E-state index contributed by atoms with van der Waals surface area (Å²) >= 11 is 0. The lowest BCUT2D eigenvalue weighted by Crippen LogP contribution is -2.13. The van der Waals surface area contributed by atoms with Crippen molar-refractivity contribution in [1.82, 2.24) is 60.0 Å². The van der Waals surface area contributed by atoms with Crippen molar-refractivity contribution in [3.63, 3.8) is 0 Å². The summed E-state index contributed by atoms with van der Waals surface area (Å²) in [6.45, 7) is 15.3. The second-order valence-corrected chi connectivity index (χ2v) is 32.0. The molecule has 22 nitrogen and oxygen atoms in total. The number of aryl methyl sites for hydroxylation is 3. The maximum atomic E-state index is 13.7. The largest absolute Gasteiger partial charge is 0.465 e. The predicted molar refractivity (Wildman–Crippen MR) is 467 cm³/mol. The molecule has 0 aliphatic carbocycles. The Balaban J connectivity index is 0.000000166. The number of rotatable bonds is 36. The van der Waals surface area contributed by atoms with Crippen LogP contribution in [0.3, 0.4) is 0 Å². The Bertz CT molecular complexity index is 5800. The van der Waals surface area contributed by atoms with Crippen molar-refractivity contribution in [1.29, 1.82) is 0 Å². The molecule has 126 heavy (non-hydrogen) atoms. The highest BCUT2D eigenvalue weighted by atomic mass is 19.4. The van der Waals surface area contributed by atoms with Gasteiger partial charge in [0.05, 0.1) is 89.1 Å². The van der Waals surface area contributed by atoms with Crippen molar-refractivity contribution in [2.24, 2.45) is 17.8 Å². The van der Waals surface area contributed by atoms with Gasteiger partial charge in [-0.05, 0) is 197 Å². The van der Waals surface area contributed by atoms with E-state index in [2.05, 4.69) is 68.9 Å². The molecule has 5 heterocycles. The van der Waals surface area contributed by atoms with Crippen molar-refractivity contribution in [2.75, 3.05) is 20.0 Å². The van der Waals surface area contributed by atoms with Crippen LogP contribution in [0.15, 0.2) is 243 Å². The van der Waals surface area contributed by atoms with E-state index in [9.17, 15) is 50.7 Å². The number of nitrogens with zero attached hydrogens (tertiary/aromatic N) is 12. The van der Waals surface area contributed by atoms with E-state index in [1.54, 1.807) is 104 Å². The molecule has 1 aliphatic rings. The summed E-state index contributed by atoms with van der Waals surface area (Å²) in [5.74, 6) is 1.43. The lowest BCUT2D eigenvalue weighted by Gasteiger charge is -2.12. The number of fused-ring (bicyclic) bond motifs is 1. The molecule has 0 atom stereocenters. The quantitative estimate of drug-likeness (QED) is 0.0201. The fourth-order valence-corrected chi connectivity index (χ4v) is 13.3. The van der Waals surface area contributed by atoms with Crippen molar-refractivity contribution in [3.8, 4) is 34.2 Å². The smallest absolute Gasteiger partial charge is 0.416 e. The molecule has 0 radical (unpaired) electrons. The number of benzene rings is 9. The molecule has 0 unspecified atom stereocenters. The highest BCUT2D eigenvalue weighted by molar-refractivity contribution is 5.88. The van der Waals surface area contributed by atoms with Gasteiger partial charge in [0.1, 0.15) is 34.8 Å². The number of halogens is 5. The number of ether oxygens (including phenoxy) is 4. The lowest BCUT2D eigenvalue weighted by atomic mass is 9.98. The van der Waals surface area contributed by atoms with Crippen molar-refractivity contribution >= 4 is 41.1 Å². The van der Waals surface area contributed by atoms with Crippen LogP contribution in [-0.2, 0) is 121 Å². The van der Waals surface area contributed by atoms with Gasteiger partial charge in [0.2, 0.25) is 6.79 Å². The SMILES string of the molecule is CC(C)CCc1cn(-c2ccc(CC(=O)Cc3cccc(F)c3)cc2)nn1.CC(C)CCc1cn(-c2ccc(CC(=O)Cc3ccccc3F)cc2)nn1.Cc1ccccc1CC(=O)Cc1ccc(-n2cc(CCOC(=O)CC(C)C)nn2)cc1.O=C(Cc1ccc(-n2cc(CCOC(=O)/C=C/c3ccc4c(c3)OCO4)nn2)cc1)Cc1ccccc1C(F)(F)F. The Morgan fingerprint density at radius 2 is 0.817 bits per heavy atom. The molecular weight excluding hydrogens is 1610 g/mol. The molecule has 0 amide bonds. The summed E-state index contributed by atoms with van der Waals surface area (Å²) in [6.07, 6.45) is 12.7. The minimum absolute atomic E-state index is 0.00353. The van der Waals surface area contributed by atoms with E-state index in [0.717, 1.165) is 99.3 Å². The maximum absolute atomic E-state index is 13.7. The van der Waals surface area contributed by atoms with E-state index in [1.165, 1.54) is 42.5 Å². The van der Waals surface area contributed by atoms with Crippen LogP contribution in [0, 0.1) is 36.3 Å². The third-order valence-electron chi connectivity index (χ3n) is 20.1. The van der Waals surface area contributed by atoms with Gasteiger partial charge in [-0.2, -0.15) is 13.2 Å². The van der Waals surface area contributed by atoms with E-state index in [0.29, 0.717) is 96.5 Å². The number of alkyl halides is 3. The van der Waals surface area contributed by atoms with Gasteiger partial charge in [-0.1, -0.05) is 190 Å². The molecule has 0 spiro atoms. The van der Waals surface area contributed by atoms with Crippen LogP contribution in [0.1, 0.15) is 145 Å². The van der Waals surface area contributed by atoms with Gasteiger partial charge in [0.15, 0.2) is 11.5 Å². The molecule has 652 valence electrons. The van der Waals surface area contributed by atoms with Crippen molar-refractivity contribution in [3.05, 3.63) is 339 Å². The Morgan fingerprint density at radius 1 is 0.413 bits per heavy atom. The number of Topliss-reactive ketones (excluding diaryl/α,β-unsaturated/α-hetero) is 4. The van der Waals surface area contributed by atoms with Crippen molar-refractivity contribution < 1.29 is 69.7 Å². The average molecular weight is 1710 g/mol. The zero-order chi connectivity index (χ0) is 89.5. The average Bonchev–Trinajstić information content (AvgIpc) is 1.35. The lowest BCUT2D eigenvalue weighted by molar-refractivity contribution is -0.144. The first-order valence-electron chi connectivity index (χ1n) is 41.8. The molecule has 1 aliphatic heterocycles. The second kappa shape index (κ2) is 46.0. The summed E-state index contributed by atoms with van der Waals surface area (Å²) in [5, 5.41) is 33.3. The summed E-state index contributed by atoms with van der Waals surface area (Å²) in [5.41, 5.74) is 13.5. The fourth-order valence-electron chi connectivity index (χ4n) is 13.3. The van der Waals surface area contributed by atoms with Crippen LogP contribution in [0.25, 0.3) is 28.8 Å². The van der Waals surface area contributed by atoms with Crippen LogP contribution in [0.5, 0.6) is 11.5 Å². The predicted octanol–water partition coefficient (Wildman–Crippen LogP) is 17.9. The van der Waals surface area contributed by atoms with Gasteiger partial charge >= 0.3 is 18.1 Å². The minimum atomic E-state index is -4.51. The van der Waals surface area contributed by atoms with Gasteiger partial charge in [-0.25, -0.2) is 32.3 Å². The molecule has 0 bridgehead atoms. The summed E-state index contributed by atoms with van der Waals surface area (Å²) < 4.78 is 94.3. The number of aromatic nitrogens is 12. The normalized spacial score (nSPS) is 11.5. The molecule has 0 N–H and O–H groups in total. The number of ketones is 4. The topological polar surface area (TPSA) is 262 Å². The van der Waals surface area contributed by atoms with Gasteiger partial charge < -0.3 is 18.9 Å². The van der Waals surface area contributed by atoms with E-state index in [1.807, 2.05) is 136 Å². The zero-order valence-corrected chi connectivity index (χ0v) is 71.5. The number of hydrogen-bond donors (Lipinski definition) is 0. The fraction of sp³-hybridized carbons (Fsp3) is 0.293. The molecule has 0 saturated carbocycles. The van der Waals surface area contributed by atoms with Crippen molar-refractivity contribution in [2.45, 2.75) is 151 Å². The zero-order valence-electron chi connectivity index (χ0n) is 71.5. The number of carbonyl (C=O) groups is 6. The van der Waals surface area contributed by atoms with E-state index in [4.69, 9.17) is 18.9 Å². The number of carbonyl (C=O) groups excluding carboxylic acids is 6. The highest BCUT2D eigenvalue weighted by Crippen LogP contribution is 2.34. The summed E-state index contributed by atoms with van der Waals surface area (Å²) in [7, 11) is 0. The van der Waals surface area contributed by atoms with Gasteiger partial charge in [0.25, 0.3) is 0 Å². The maximum Gasteiger partial charge on any atom is 0.416 e. The number of hydrogen-bond acceptors (Lipinski definition) is 18. The standard InChI is InChI=1S/C30H24F3N3O5.C25H29N3O3.2C22H24FN3O/c31-30(32,33)26-4-2-1-3-22(26)17-25(37)15-20-5-9-24(10-6-20)36-18-23(34-35-36)13-14-39-29(38)12-8-21-7-11-27-28(16-21)41-19-40-27;1-18(2)14-25(30)31-13-12-22-17-28(27-26-22)23-10-8-20(9-11-23)15-24(29)16-21-7-5-4-6-19(21)3;1-16(2)6-9-20-15-26(25-24-20)21-10-7-17(8-11-21)13-22(27)14-18-4-3-5-19(23)12-18;1-16(2)7-10-19-15-26(25-24-19)20-11-8-17(9-12-20)13-21(27)14-18-5-3-4-6-22(18)23/h1-12,16,18H,13-15,17,19H2;4-11,17-18H,12-16H2,1-3H3;3-5,7-8,10-12,15-16H,6,9,13-14H2,1-2H3;3-6,8-9,11-12,15-16H,7,10,13-14H2,1-2H3/b12-8+;;;. The molecule has 14 rings (SSSR count). The first-order chi connectivity index (χ1) is 60.6. The van der Waals surface area contributed by atoms with Crippen LogP contribution < -0.4 is 9.47 Å². The molecule has 13 aromatic rings. The Kier molecular flexibility index (Phi) is 33.9. The third-order valence-corrected chi connectivity index (χ3v) is 20.1. The van der Waals surface area contributed by atoms with E-state index >= 15 is 0 Å². The molecular formula is C99H101F5N12O10. The minimum Gasteiger partial charge on any atom is -0.465 e. The van der Waals surface area contributed by atoms with Crippen LogP contribution >= 0.6 is 0 Å². The Labute approximate surface area is 728 Å². The van der Waals surface area contributed by atoms with Gasteiger partial charge in [0, 0.05) is 76.7 Å². The third kappa shape index (κ3) is 30.0. The highest BCUT2D eigenvalue weighted by Gasteiger charge is 2.33. The summed E-state index contributed by atoms with van der Waals surface area (Å²) in [4.78, 5) is 73.0. The molecule has 4 aromatic heterocycles. The molecule has 0 saturated heterocycles. The summed E-state index contributed by atoms with van der Waals surface area (Å²) in [6, 6.07) is 61.1. The Morgan fingerprint density at radius 3 is 1.27 bits per heavy atom. The van der Waals surface area contributed by atoms with Crippen LogP contribution in [-0.4, -0.2) is 115 Å². The van der Waals surface area contributed by atoms with E-state index < -0.39 is 17.7 Å². The Hall–Kier alpha value is -13.9. The molecule has 0 fully saturated rings. The first-order valence-corrected chi connectivity index (χ1v) is 41.8. The molecule has 27 heteroatoms. The molecule has 9 aromatic carbocycles. The van der Waals surface area contributed by atoms with Gasteiger partial charge in [-0.15, -0.1) is 20.4 Å². The van der Waals surface area contributed by atoms with Gasteiger partial charge in [-0.3, -0.25) is 24.0 Å². The van der Waals surface area contributed by atoms with E-state index in [-0.39, 0.29) is 97.7 Å². The van der Waals surface area contributed by atoms with Crippen LogP contribution in [0.4, 0.5) is 22.0 Å². The van der Waals surface area contributed by atoms with Crippen LogP contribution in [0.2, 0.25) is 0 Å². The first kappa shape index (κ1) is 92.9. The second-order valence-electron chi connectivity index (χ2n) is 32.0. The number of esters is 2. The monoisotopic (exact) mass is 1710 g/mol.